The molecule has 0 saturated carbocycles. The SMILES string of the molecule is CC(C)CCOc1ccc(CCCN2CCOCC2)cc1. The van der Waals surface area contributed by atoms with Crippen molar-refractivity contribution >= 4 is 0 Å². The summed E-state index contributed by atoms with van der Waals surface area (Å²) in [5.74, 6) is 1.69. The molecular weight excluding hydrogens is 262 g/mol. The molecule has 0 bridgehead atoms. The van der Waals surface area contributed by atoms with Crippen LogP contribution in [0.2, 0.25) is 0 Å². The minimum absolute atomic E-state index is 0.699. The number of hydrogen-bond acceptors (Lipinski definition) is 3. The average molecular weight is 291 g/mol. The number of nitrogens with zero attached hydrogens (tertiary/aromatic N) is 1. The summed E-state index contributed by atoms with van der Waals surface area (Å²) in [6.07, 6.45) is 3.47. The second-order valence-electron chi connectivity index (χ2n) is 6.23. The van der Waals surface area contributed by atoms with Gasteiger partial charge in [0, 0.05) is 13.1 Å². The zero-order valence-corrected chi connectivity index (χ0v) is 13.5. The number of morpholine rings is 1. The second-order valence-corrected chi connectivity index (χ2v) is 6.23. The Morgan fingerprint density at radius 3 is 2.52 bits per heavy atom. The highest BCUT2D eigenvalue weighted by Crippen LogP contribution is 2.14. The summed E-state index contributed by atoms with van der Waals surface area (Å²) in [6.45, 7) is 10.4. The van der Waals surface area contributed by atoms with Crippen molar-refractivity contribution in [2.24, 2.45) is 5.92 Å². The van der Waals surface area contributed by atoms with Crippen LogP contribution in [0.15, 0.2) is 24.3 Å². The van der Waals surface area contributed by atoms with Crippen LogP contribution in [0.5, 0.6) is 5.75 Å². The van der Waals surface area contributed by atoms with Gasteiger partial charge in [-0.15, -0.1) is 0 Å². The molecule has 1 aliphatic heterocycles. The Balaban J connectivity index is 1.64. The van der Waals surface area contributed by atoms with Crippen molar-refractivity contribution in [1.29, 1.82) is 0 Å². The molecule has 1 heterocycles. The molecule has 1 fully saturated rings. The lowest BCUT2D eigenvalue weighted by atomic mass is 10.1. The monoisotopic (exact) mass is 291 g/mol. The van der Waals surface area contributed by atoms with Crippen LogP contribution in [0.25, 0.3) is 0 Å². The van der Waals surface area contributed by atoms with E-state index in [2.05, 4.69) is 43.0 Å². The van der Waals surface area contributed by atoms with Gasteiger partial charge in [0.05, 0.1) is 19.8 Å². The minimum Gasteiger partial charge on any atom is -0.494 e. The summed E-state index contributed by atoms with van der Waals surface area (Å²) in [4.78, 5) is 2.49. The highest BCUT2D eigenvalue weighted by atomic mass is 16.5. The predicted octanol–water partition coefficient (Wildman–Crippen LogP) is 3.38. The first kappa shape index (κ1) is 16.3. The summed E-state index contributed by atoms with van der Waals surface area (Å²) in [5, 5.41) is 0. The zero-order chi connectivity index (χ0) is 14.9. The molecule has 3 heteroatoms. The second kappa shape index (κ2) is 9.06. The maximum Gasteiger partial charge on any atom is 0.119 e. The van der Waals surface area contributed by atoms with E-state index in [0.717, 1.165) is 51.5 Å². The molecule has 0 aromatic heterocycles. The lowest BCUT2D eigenvalue weighted by molar-refractivity contribution is 0.0374. The molecule has 1 aromatic carbocycles. The summed E-state index contributed by atoms with van der Waals surface area (Å²) in [6, 6.07) is 8.60. The van der Waals surface area contributed by atoms with Gasteiger partial charge < -0.3 is 9.47 Å². The van der Waals surface area contributed by atoms with Gasteiger partial charge in [0.15, 0.2) is 0 Å². The Hall–Kier alpha value is -1.06. The van der Waals surface area contributed by atoms with Crippen molar-refractivity contribution in [2.75, 3.05) is 39.5 Å². The van der Waals surface area contributed by atoms with Crippen molar-refractivity contribution in [3.8, 4) is 5.75 Å². The highest BCUT2D eigenvalue weighted by molar-refractivity contribution is 5.27. The third-order valence-corrected chi connectivity index (χ3v) is 3.93. The van der Waals surface area contributed by atoms with E-state index in [1.165, 1.54) is 18.5 Å². The van der Waals surface area contributed by atoms with Crippen molar-refractivity contribution in [3.63, 3.8) is 0 Å². The van der Waals surface area contributed by atoms with E-state index in [1.807, 2.05) is 0 Å². The molecule has 0 unspecified atom stereocenters. The Morgan fingerprint density at radius 1 is 1.14 bits per heavy atom. The molecule has 118 valence electrons. The van der Waals surface area contributed by atoms with Gasteiger partial charge in [0.1, 0.15) is 5.75 Å². The van der Waals surface area contributed by atoms with Gasteiger partial charge in [0.2, 0.25) is 0 Å². The molecule has 1 aromatic rings. The summed E-state index contributed by atoms with van der Waals surface area (Å²) in [7, 11) is 0. The highest BCUT2D eigenvalue weighted by Gasteiger charge is 2.09. The molecule has 2 rings (SSSR count). The first-order valence-corrected chi connectivity index (χ1v) is 8.26. The molecular formula is C18H29NO2. The van der Waals surface area contributed by atoms with Crippen molar-refractivity contribution in [2.45, 2.75) is 33.1 Å². The van der Waals surface area contributed by atoms with Crippen LogP contribution >= 0.6 is 0 Å². The van der Waals surface area contributed by atoms with E-state index in [-0.39, 0.29) is 0 Å². The van der Waals surface area contributed by atoms with Crippen molar-refractivity contribution in [1.82, 2.24) is 4.90 Å². The fourth-order valence-corrected chi connectivity index (χ4v) is 2.50. The predicted molar refractivity (Wildman–Crippen MR) is 87.0 cm³/mol. The molecule has 0 atom stereocenters. The van der Waals surface area contributed by atoms with E-state index in [9.17, 15) is 0 Å². The Labute approximate surface area is 129 Å². The van der Waals surface area contributed by atoms with Crippen molar-refractivity contribution < 1.29 is 9.47 Å². The molecule has 21 heavy (non-hydrogen) atoms. The van der Waals surface area contributed by atoms with Crippen molar-refractivity contribution in [3.05, 3.63) is 29.8 Å². The smallest absolute Gasteiger partial charge is 0.119 e. The topological polar surface area (TPSA) is 21.7 Å². The fourth-order valence-electron chi connectivity index (χ4n) is 2.50. The van der Waals surface area contributed by atoms with E-state index in [1.54, 1.807) is 0 Å². The Morgan fingerprint density at radius 2 is 1.86 bits per heavy atom. The van der Waals surface area contributed by atoms with Gasteiger partial charge in [-0.05, 0) is 49.4 Å². The van der Waals surface area contributed by atoms with Crippen LogP contribution in [0.4, 0.5) is 0 Å². The molecule has 0 aliphatic carbocycles. The number of ether oxygens (including phenoxy) is 2. The van der Waals surface area contributed by atoms with E-state index in [0.29, 0.717) is 5.92 Å². The number of aryl methyl sites for hydroxylation is 1. The average Bonchev–Trinajstić information content (AvgIpc) is 2.50. The van der Waals surface area contributed by atoms with Crippen LogP contribution in [0.1, 0.15) is 32.3 Å². The summed E-state index contributed by atoms with van der Waals surface area (Å²) in [5.41, 5.74) is 1.40. The number of rotatable bonds is 8. The molecule has 3 nitrogen and oxygen atoms in total. The standard InChI is InChI=1S/C18H29NO2/c1-16(2)9-13-21-18-7-5-17(6-8-18)4-3-10-19-11-14-20-15-12-19/h5-8,16H,3-4,9-15H2,1-2H3. The largest absolute Gasteiger partial charge is 0.494 e. The quantitative estimate of drug-likeness (QED) is 0.733. The van der Waals surface area contributed by atoms with Crippen LogP contribution in [-0.4, -0.2) is 44.4 Å². The fraction of sp³-hybridized carbons (Fsp3) is 0.667. The van der Waals surface area contributed by atoms with Crippen LogP contribution < -0.4 is 4.74 Å². The minimum atomic E-state index is 0.699. The first-order valence-electron chi connectivity index (χ1n) is 8.26. The maximum absolute atomic E-state index is 5.75. The summed E-state index contributed by atoms with van der Waals surface area (Å²) >= 11 is 0. The molecule has 0 amide bonds. The van der Waals surface area contributed by atoms with E-state index >= 15 is 0 Å². The molecule has 1 saturated heterocycles. The van der Waals surface area contributed by atoms with Crippen LogP contribution in [0.3, 0.4) is 0 Å². The first-order chi connectivity index (χ1) is 10.2. The van der Waals surface area contributed by atoms with Gasteiger partial charge in [-0.2, -0.15) is 0 Å². The Kier molecular flexibility index (Phi) is 7.04. The molecule has 0 N–H and O–H groups in total. The van der Waals surface area contributed by atoms with Gasteiger partial charge in [-0.1, -0.05) is 26.0 Å². The Bertz CT molecular complexity index is 383. The number of hydrogen-bond donors (Lipinski definition) is 0. The zero-order valence-electron chi connectivity index (χ0n) is 13.5. The molecule has 0 spiro atoms. The van der Waals surface area contributed by atoms with E-state index < -0.39 is 0 Å². The summed E-state index contributed by atoms with van der Waals surface area (Å²) < 4.78 is 11.1. The van der Waals surface area contributed by atoms with Gasteiger partial charge in [0.25, 0.3) is 0 Å². The van der Waals surface area contributed by atoms with E-state index in [4.69, 9.17) is 9.47 Å². The third-order valence-electron chi connectivity index (χ3n) is 3.93. The molecule has 0 radical (unpaired) electrons. The molecule has 1 aliphatic rings. The lowest BCUT2D eigenvalue weighted by Gasteiger charge is -2.26. The normalized spacial score (nSPS) is 16.3. The van der Waals surface area contributed by atoms with Gasteiger partial charge in [-0.25, -0.2) is 0 Å². The van der Waals surface area contributed by atoms with Crippen LogP contribution in [-0.2, 0) is 11.2 Å². The lowest BCUT2D eigenvalue weighted by Crippen LogP contribution is -2.36. The van der Waals surface area contributed by atoms with Gasteiger partial charge in [-0.3, -0.25) is 4.90 Å². The van der Waals surface area contributed by atoms with Crippen LogP contribution in [0, 0.1) is 5.92 Å². The van der Waals surface area contributed by atoms with Gasteiger partial charge >= 0.3 is 0 Å². The third kappa shape index (κ3) is 6.49. The number of benzene rings is 1. The maximum atomic E-state index is 5.75.